The summed E-state index contributed by atoms with van der Waals surface area (Å²) in [5.41, 5.74) is 2.58. The summed E-state index contributed by atoms with van der Waals surface area (Å²) < 4.78 is 4.73. The Balaban J connectivity index is 2.93. The maximum atomic E-state index is 11.5. The van der Waals surface area contributed by atoms with E-state index in [4.69, 9.17) is 4.74 Å². The van der Waals surface area contributed by atoms with Gasteiger partial charge in [0.2, 0.25) is 0 Å². The first-order valence-electron chi connectivity index (χ1n) is 5.10. The Labute approximate surface area is 104 Å². The molecule has 0 saturated carbocycles. The Morgan fingerprint density at radius 2 is 2.25 bits per heavy atom. The van der Waals surface area contributed by atoms with Crippen LogP contribution < -0.4 is 0 Å². The van der Waals surface area contributed by atoms with Crippen molar-refractivity contribution in [3.63, 3.8) is 0 Å². The summed E-state index contributed by atoms with van der Waals surface area (Å²) in [6.07, 6.45) is 5.05. The number of hydrogen-bond acceptors (Lipinski definition) is 2. The van der Waals surface area contributed by atoms with E-state index in [0.717, 1.165) is 22.9 Å². The summed E-state index contributed by atoms with van der Waals surface area (Å²) in [5.74, 6) is -0.284. The molecular formula is C13H15BrO2. The molecule has 0 spiro atoms. The van der Waals surface area contributed by atoms with Crippen LogP contribution in [0.5, 0.6) is 0 Å². The lowest BCUT2D eigenvalue weighted by Gasteiger charge is -2.04. The van der Waals surface area contributed by atoms with Crippen molar-refractivity contribution in [2.24, 2.45) is 0 Å². The molecule has 0 N–H and O–H groups in total. The highest BCUT2D eigenvalue weighted by atomic mass is 79.9. The number of hydrogen-bond donors (Lipinski definition) is 0. The third-order valence-electron chi connectivity index (χ3n) is 2.25. The van der Waals surface area contributed by atoms with Gasteiger partial charge in [-0.05, 0) is 30.5 Å². The lowest BCUT2D eigenvalue weighted by molar-refractivity contribution is 0.0600. The van der Waals surface area contributed by atoms with Crippen molar-refractivity contribution in [1.29, 1.82) is 0 Å². The monoisotopic (exact) mass is 282 g/mol. The van der Waals surface area contributed by atoms with Crippen LogP contribution in [0.25, 0.3) is 6.08 Å². The number of rotatable bonds is 4. The van der Waals surface area contributed by atoms with Gasteiger partial charge in [0.1, 0.15) is 0 Å². The highest BCUT2D eigenvalue weighted by Crippen LogP contribution is 2.14. The predicted molar refractivity (Wildman–Crippen MR) is 70.0 cm³/mol. The van der Waals surface area contributed by atoms with Crippen molar-refractivity contribution in [2.75, 3.05) is 12.4 Å². The van der Waals surface area contributed by atoms with Gasteiger partial charge in [0, 0.05) is 5.33 Å². The number of aryl methyl sites for hydroxylation is 1. The van der Waals surface area contributed by atoms with Gasteiger partial charge in [-0.1, -0.05) is 40.2 Å². The molecule has 0 aliphatic rings. The van der Waals surface area contributed by atoms with Crippen LogP contribution in [0.2, 0.25) is 0 Å². The molecule has 0 heterocycles. The number of alkyl halides is 1. The molecule has 1 rings (SSSR count). The third-order valence-corrected chi connectivity index (χ3v) is 2.71. The molecule has 0 aromatic heterocycles. The molecule has 0 unspecified atom stereocenters. The smallest absolute Gasteiger partial charge is 0.338 e. The Hall–Kier alpha value is -1.09. The number of benzene rings is 1. The highest BCUT2D eigenvalue weighted by Gasteiger charge is 2.08. The quantitative estimate of drug-likeness (QED) is 0.623. The van der Waals surface area contributed by atoms with Gasteiger partial charge in [-0.3, -0.25) is 0 Å². The summed E-state index contributed by atoms with van der Waals surface area (Å²) >= 11 is 3.36. The van der Waals surface area contributed by atoms with Crippen LogP contribution in [0.4, 0.5) is 0 Å². The van der Waals surface area contributed by atoms with E-state index >= 15 is 0 Å². The zero-order valence-electron chi connectivity index (χ0n) is 9.50. The first kappa shape index (κ1) is 13.0. The van der Waals surface area contributed by atoms with Gasteiger partial charge in [0.25, 0.3) is 0 Å². The second-order valence-corrected chi connectivity index (χ2v) is 4.24. The molecule has 1 aromatic carbocycles. The Morgan fingerprint density at radius 1 is 1.50 bits per heavy atom. The van der Waals surface area contributed by atoms with Gasteiger partial charge in [-0.25, -0.2) is 4.79 Å². The largest absolute Gasteiger partial charge is 0.465 e. The van der Waals surface area contributed by atoms with Gasteiger partial charge < -0.3 is 4.74 Å². The van der Waals surface area contributed by atoms with E-state index in [0.29, 0.717) is 5.56 Å². The second kappa shape index (κ2) is 6.48. The summed E-state index contributed by atoms with van der Waals surface area (Å²) in [6, 6.07) is 5.78. The Morgan fingerprint density at radius 3 is 2.88 bits per heavy atom. The van der Waals surface area contributed by atoms with E-state index < -0.39 is 0 Å². The van der Waals surface area contributed by atoms with Crippen molar-refractivity contribution in [3.8, 4) is 0 Å². The van der Waals surface area contributed by atoms with Gasteiger partial charge >= 0.3 is 5.97 Å². The SMILES string of the molecule is COC(=O)c1cc(C=CCCBr)ccc1C. The fourth-order valence-corrected chi connectivity index (χ4v) is 1.62. The van der Waals surface area contributed by atoms with Crippen LogP contribution in [0.3, 0.4) is 0 Å². The molecule has 0 radical (unpaired) electrons. The van der Waals surface area contributed by atoms with Crippen LogP contribution >= 0.6 is 15.9 Å². The molecule has 2 nitrogen and oxygen atoms in total. The van der Waals surface area contributed by atoms with E-state index in [-0.39, 0.29) is 5.97 Å². The summed E-state index contributed by atoms with van der Waals surface area (Å²) in [6.45, 7) is 1.90. The van der Waals surface area contributed by atoms with E-state index in [2.05, 4.69) is 22.0 Å². The molecule has 3 heteroatoms. The summed E-state index contributed by atoms with van der Waals surface area (Å²) in [4.78, 5) is 11.5. The maximum absolute atomic E-state index is 11.5. The first-order valence-corrected chi connectivity index (χ1v) is 6.22. The van der Waals surface area contributed by atoms with Crippen LogP contribution in [-0.4, -0.2) is 18.4 Å². The fourth-order valence-electron chi connectivity index (χ4n) is 1.36. The standard InChI is InChI=1S/C13H15BrO2/c1-10-6-7-11(5-3-4-8-14)9-12(10)13(15)16-2/h3,5-7,9H,4,8H2,1-2H3. The van der Waals surface area contributed by atoms with E-state index in [1.54, 1.807) is 0 Å². The number of methoxy groups -OCH3 is 1. The molecule has 0 saturated heterocycles. The number of carbonyl (C=O) groups is 1. The molecule has 0 bridgehead atoms. The van der Waals surface area contributed by atoms with E-state index in [1.807, 2.05) is 31.2 Å². The molecule has 0 aliphatic heterocycles. The minimum atomic E-state index is -0.284. The molecular weight excluding hydrogens is 268 g/mol. The topological polar surface area (TPSA) is 26.3 Å². The summed E-state index contributed by atoms with van der Waals surface area (Å²) in [5, 5.41) is 0.944. The Kier molecular flexibility index (Phi) is 5.26. The number of esters is 1. The van der Waals surface area contributed by atoms with Crippen molar-refractivity contribution < 1.29 is 9.53 Å². The normalized spacial score (nSPS) is 10.7. The zero-order valence-corrected chi connectivity index (χ0v) is 11.1. The lowest BCUT2D eigenvalue weighted by atomic mass is 10.0. The lowest BCUT2D eigenvalue weighted by Crippen LogP contribution is -2.03. The first-order chi connectivity index (χ1) is 7.69. The van der Waals surface area contributed by atoms with Crippen molar-refractivity contribution in [2.45, 2.75) is 13.3 Å². The van der Waals surface area contributed by atoms with E-state index in [1.165, 1.54) is 7.11 Å². The third kappa shape index (κ3) is 3.49. The molecule has 0 aliphatic carbocycles. The molecule has 0 atom stereocenters. The van der Waals surface area contributed by atoms with Gasteiger partial charge in [-0.15, -0.1) is 0 Å². The second-order valence-electron chi connectivity index (χ2n) is 3.45. The van der Waals surface area contributed by atoms with Gasteiger partial charge in [-0.2, -0.15) is 0 Å². The Bertz CT molecular complexity index is 397. The molecule has 1 aromatic rings. The van der Waals surface area contributed by atoms with Crippen molar-refractivity contribution in [1.82, 2.24) is 0 Å². The van der Waals surface area contributed by atoms with Gasteiger partial charge in [0.15, 0.2) is 0 Å². The average Bonchev–Trinajstić information content (AvgIpc) is 2.30. The zero-order chi connectivity index (χ0) is 12.0. The molecule has 0 fully saturated rings. The molecule has 0 amide bonds. The van der Waals surface area contributed by atoms with E-state index in [9.17, 15) is 4.79 Å². The summed E-state index contributed by atoms with van der Waals surface area (Å²) in [7, 11) is 1.40. The molecule has 86 valence electrons. The number of halogens is 1. The van der Waals surface area contributed by atoms with Gasteiger partial charge in [0.05, 0.1) is 12.7 Å². The maximum Gasteiger partial charge on any atom is 0.338 e. The van der Waals surface area contributed by atoms with Crippen LogP contribution in [0.15, 0.2) is 24.3 Å². The van der Waals surface area contributed by atoms with Crippen LogP contribution in [0.1, 0.15) is 27.9 Å². The minimum Gasteiger partial charge on any atom is -0.465 e. The van der Waals surface area contributed by atoms with Crippen molar-refractivity contribution >= 4 is 28.0 Å². The number of allylic oxidation sites excluding steroid dienone is 1. The highest BCUT2D eigenvalue weighted by molar-refractivity contribution is 9.09. The predicted octanol–water partition coefficient (Wildman–Crippen LogP) is 3.58. The average molecular weight is 283 g/mol. The fraction of sp³-hybridized carbons (Fsp3) is 0.308. The number of carbonyl (C=O) groups excluding carboxylic acids is 1. The van der Waals surface area contributed by atoms with Crippen LogP contribution in [-0.2, 0) is 4.74 Å². The molecule has 16 heavy (non-hydrogen) atoms. The van der Waals surface area contributed by atoms with Crippen LogP contribution in [0, 0.1) is 6.92 Å². The van der Waals surface area contributed by atoms with Crippen molar-refractivity contribution in [3.05, 3.63) is 41.0 Å². The number of ether oxygens (including phenoxy) is 1. The minimum absolute atomic E-state index is 0.284.